The maximum absolute atomic E-state index is 13.0. The van der Waals surface area contributed by atoms with Gasteiger partial charge in [-0.1, -0.05) is 30.3 Å². The zero-order chi connectivity index (χ0) is 25.0. The number of amides is 1. The lowest BCUT2D eigenvalue weighted by molar-refractivity contribution is -0.120. The zero-order valence-corrected chi connectivity index (χ0v) is 21.8. The van der Waals surface area contributed by atoms with Crippen molar-refractivity contribution >= 4 is 50.7 Å². The number of nitrogens with one attached hydrogen (secondary N) is 1. The predicted octanol–water partition coefficient (Wildman–Crippen LogP) is 4.96. The Morgan fingerprint density at radius 2 is 1.71 bits per heavy atom. The van der Waals surface area contributed by atoms with Crippen LogP contribution in [0.2, 0.25) is 0 Å². The summed E-state index contributed by atoms with van der Waals surface area (Å²) in [5.41, 5.74) is 1.35. The van der Waals surface area contributed by atoms with Crippen molar-refractivity contribution < 1.29 is 22.7 Å². The minimum Gasteiger partial charge on any atom is -0.465 e. The van der Waals surface area contributed by atoms with Crippen molar-refractivity contribution in [2.45, 2.75) is 22.6 Å². The molecule has 0 bridgehead atoms. The first kappa shape index (κ1) is 25.4. The second-order valence-corrected chi connectivity index (χ2v) is 11.9. The molecule has 3 aromatic rings. The van der Waals surface area contributed by atoms with E-state index in [4.69, 9.17) is 4.74 Å². The molecule has 0 aliphatic carbocycles. The molecular weight excluding hydrogens is 504 g/mol. The number of carbonyl (C=O) groups is 2. The minimum absolute atomic E-state index is 0.228. The Balaban J connectivity index is 1.44. The van der Waals surface area contributed by atoms with Crippen LogP contribution in [0.15, 0.2) is 70.5 Å². The number of nitrogens with zero attached hydrogens (tertiary/aromatic N) is 1. The van der Waals surface area contributed by atoms with Crippen LogP contribution in [0.5, 0.6) is 0 Å². The van der Waals surface area contributed by atoms with E-state index < -0.39 is 16.0 Å². The molecule has 4 rings (SSSR count). The monoisotopic (exact) mass is 530 g/mol. The maximum Gasteiger partial charge on any atom is 0.350 e. The van der Waals surface area contributed by atoms with Gasteiger partial charge in [0.05, 0.1) is 17.7 Å². The normalized spacial score (nSPS) is 15.0. The first-order chi connectivity index (χ1) is 16.8. The third-order valence-electron chi connectivity index (χ3n) is 5.94. The summed E-state index contributed by atoms with van der Waals surface area (Å²) in [6, 6.07) is 18.2. The number of benzene rings is 2. The molecule has 0 unspecified atom stereocenters. The standard InChI is InChI=1S/C25H26N2O5S3/c1-32-25(29)23-21(16-22(34-23)17-6-4-3-5-7-17)26-24(28)18-12-14-27(15-13-18)35(30,31)20-10-8-19(33-2)9-11-20/h3-11,16,18H,12-15H2,1-2H3,(H,26,28). The van der Waals surface area contributed by atoms with Crippen LogP contribution in [0.25, 0.3) is 10.4 Å². The first-order valence-electron chi connectivity index (χ1n) is 11.1. The summed E-state index contributed by atoms with van der Waals surface area (Å²) in [4.78, 5) is 27.8. The van der Waals surface area contributed by atoms with E-state index in [1.54, 1.807) is 42.1 Å². The number of methoxy groups -OCH3 is 1. The van der Waals surface area contributed by atoms with Crippen LogP contribution in [0, 0.1) is 5.92 Å². The van der Waals surface area contributed by atoms with Gasteiger partial charge in [-0.05, 0) is 55.0 Å². The molecule has 1 aliphatic rings. The number of sulfonamides is 1. The van der Waals surface area contributed by atoms with Crippen molar-refractivity contribution in [3.63, 3.8) is 0 Å². The summed E-state index contributed by atoms with van der Waals surface area (Å²) >= 11 is 2.81. The molecule has 1 saturated heterocycles. The number of anilines is 1. The van der Waals surface area contributed by atoms with Gasteiger partial charge in [0.1, 0.15) is 4.88 Å². The molecule has 0 atom stereocenters. The molecular formula is C25H26N2O5S3. The van der Waals surface area contributed by atoms with Crippen LogP contribution in [0.3, 0.4) is 0 Å². The predicted molar refractivity (Wildman–Crippen MR) is 139 cm³/mol. The minimum atomic E-state index is -3.61. The lowest BCUT2D eigenvalue weighted by Gasteiger charge is -2.30. The molecule has 10 heteroatoms. The summed E-state index contributed by atoms with van der Waals surface area (Å²) in [6.45, 7) is 0.515. The third-order valence-corrected chi connectivity index (χ3v) is 9.76. The van der Waals surface area contributed by atoms with Crippen LogP contribution >= 0.6 is 23.1 Å². The Morgan fingerprint density at radius 1 is 1.06 bits per heavy atom. The van der Waals surface area contributed by atoms with Gasteiger partial charge in [-0.2, -0.15) is 4.31 Å². The first-order valence-corrected chi connectivity index (χ1v) is 14.5. The van der Waals surface area contributed by atoms with Crippen molar-refractivity contribution in [3.05, 3.63) is 65.5 Å². The SMILES string of the molecule is COC(=O)c1sc(-c2ccccc2)cc1NC(=O)C1CCN(S(=O)(=O)c2ccc(SC)cc2)CC1. The summed E-state index contributed by atoms with van der Waals surface area (Å²) in [5.74, 6) is -1.10. The lowest BCUT2D eigenvalue weighted by Crippen LogP contribution is -2.41. The number of hydrogen-bond donors (Lipinski definition) is 1. The smallest absolute Gasteiger partial charge is 0.350 e. The second-order valence-electron chi connectivity index (χ2n) is 8.05. The van der Waals surface area contributed by atoms with E-state index in [2.05, 4.69) is 5.32 Å². The van der Waals surface area contributed by atoms with E-state index in [0.717, 1.165) is 15.3 Å². The average molecular weight is 531 g/mol. The largest absolute Gasteiger partial charge is 0.465 e. The Kier molecular flexibility index (Phi) is 7.95. The molecule has 1 fully saturated rings. The van der Waals surface area contributed by atoms with Crippen LogP contribution in [0.4, 0.5) is 5.69 Å². The van der Waals surface area contributed by atoms with E-state index in [-0.39, 0.29) is 29.8 Å². The highest BCUT2D eigenvalue weighted by atomic mass is 32.2. The molecule has 2 aromatic carbocycles. The molecule has 0 radical (unpaired) electrons. The Hall–Kier alpha value is -2.66. The van der Waals surface area contributed by atoms with E-state index in [0.29, 0.717) is 23.4 Å². The van der Waals surface area contributed by atoms with Gasteiger partial charge in [0.2, 0.25) is 15.9 Å². The van der Waals surface area contributed by atoms with Gasteiger partial charge in [0.25, 0.3) is 0 Å². The molecule has 0 saturated carbocycles. The van der Waals surface area contributed by atoms with Gasteiger partial charge in [-0.3, -0.25) is 4.79 Å². The molecule has 2 heterocycles. The van der Waals surface area contributed by atoms with Crippen LogP contribution in [0.1, 0.15) is 22.5 Å². The highest BCUT2D eigenvalue weighted by Crippen LogP contribution is 2.36. The molecule has 1 N–H and O–H groups in total. The Morgan fingerprint density at radius 3 is 2.31 bits per heavy atom. The molecule has 0 spiro atoms. The van der Waals surface area contributed by atoms with Crippen molar-refractivity contribution in [3.8, 4) is 10.4 Å². The number of esters is 1. The Bertz CT molecular complexity index is 1300. The van der Waals surface area contributed by atoms with Gasteiger partial charge in [0, 0.05) is 28.8 Å². The molecule has 1 amide bonds. The van der Waals surface area contributed by atoms with Crippen LogP contribution < -0.4 is 5.32 Å². The number of thioether (sulfide) groups is 1. The number of piperidine rings is 1. The van der Waals surface area contributed by atoms with Crippen molar-refractivity contribution in [1.82, 2.24) is 4.31 Å². The lowest BCUT2D eigenvalue weighted by atomic mass is 9.97. The summed E-state index contributed by atoms with van der Waals surface area (Å²) in [7, 11) is -2.30. The van der Waals surface area contributed by atoms with Crippen molar-refractivity contribution in [1.29, 1.82) is 0 Å². The summed E-state index contributed by atoms with van der Waals surface area (Å²) in [6.07, 6.45) is 2.74. The quantitative estimate of drug-likeness (QED) is 0.343. The van der Waals surface area contributed by atoms with E-state index in [1.807, 2.05) is 36.6 Å². The molecule has 35 heavy (non-hydrogen) atoms. The fourth-order valence-corrected chi connectivity index (χ4v) is 6.88. The number of ether oxygens (including phenoxy) is 1. The Labute approximate surface area is 213 Å². The summed E-state index contributed by atoms with van der Waals surface area (Å²) in [5, 5.41) is 2.88. The topological polar surface area (TPSA) is 92.8 Å². The van der Waals surface area contributed by atoms with E-state index in [1.165, 1.54) is 22.8 Å². The number of thiophene rings is 1. The molecule has 1 aromatic heterocycles. The fourth-order valence-electron chi connectivity index (χ4n) is 3.96. The fraction of sp³-hybridized carbons (Fsp3) is 0.280. The number of rotatable bonds is 7. The zero-order valence-electron chi connectivity index (χ0n) is 19.4. The maximum atomic E-state index is 13.0. The third kappa shape index (κ3) is 5.61. The molecule has 7 nitrogen and oxygen atoms in total. The van der Waals surface area contributed by atoms with E-state index >= 15 is 0 Å². The summed E-state index contributed by atoms with van der Waals surface area (Å²) < 4.78 is 32.4. The number of carbonyl (C=O) groups excluding carboxylic acids is 2. The van der Waals surface area contributed by atoms with E-state index in [9.17, 15) is 18.0 Å². The van der Waals surface area contributed by atoms with Crippen molar-refractivity contribution in [2.75, 3.05) is 31.8 Å². The number of hydrogen-bond acceptors (Lipinski definition) is 7. The highest BCUT2D eigenvalue weighted by Gasteiger charge is 2.33. The van der Waals surface area contributed by atoms with Crippen LogP contribution in [-0.4, -0.2) is 51.1 Å². The highest BCUT2D eigenvalue weighted by molar-refractivity contribution is 7.98. The van der Waals surface area contributed by atoms with Crippen LogP contribution in [-0.2, 0) is 19.6 Å². The van der Waals surface area contributed by atoms with Gasteiger partial charge >= 0.3 is 5.97 Å². The van der Waals surface area contributed by atoms with Gasteiger partial charge in [0.15, 0.2) is 0 Å². The molecule has 1 aliphatic heterocycles. The second kappa shape index (κ2) is 10.9. The van der Waals surface area contributed by atoms with Gasteiger partial charge in [-0.25, -0.2) is 13.2 Å². The van der Waals surface area contributed by atoms with Gasteiger partial charge < -0.3 is 10.1 Å². The van der Waals surface area contributed by atoms with Crippen molar-refractivity contribution in [2.24, 2.45) is 5.92 Å². The average Bonchev–Trinajstić information content (AvgIpc) is 3.32. The van der Waals surface area contributed by atoms with Gasteiger partial charge in [-0.15, -0.1) is 23.1 Å². The molecule has 184 valence electrons.